The Kier molecular flexibility index (Phi) is 7.34. The number of hydrogen-bond acceptors (Lipinski definition) is 6. The van der Waals surface area contributed by atoms with Crippen LogP contribution < -0.4 is 5.56 Å². The molecule has 0 aliphatic carbocycles. The lowest BCUT2D eigenvalue weighted by atomic mass is 10.2. The van der Waals surface area contributed by atoms with Crippen molar-refractivity contribution < 1.29 is 9.53 Å². The Labute approximate surface area is 158 Å². The first kappa shape index (κ1) is 20.6. The number of carbonyl (C=O) groups is 1. The van der Waals surface area contributed by atoms with Crippen LogP contribution in [-0.2, 0) is 22.6 Å². The van der Waals surface area contributed by atoms with Crippen molar-refractivity contribution in [2.24, 2.45) is 0 Å². The number of hydrogen-bond donors (Lipinski definition) is 0. The average Bonchev–Trinajstić information content (AvgIpc) is 2.85. The van der Waals surface area contributed by atoms with Gasteiger partial charge in [0.2, 0.25) is 0 Å². The number of unbranched alkanes of at least 4 members (excludes halogenated alkanes) is 3. The summed E-state index contributed by atoms with van der Waals surface area (Å²) in [6, 6.07) is 0. The van der Waals surface area contributed by atoms with Crippen LogP contribution in [0.25, 0.3) is 10.2 Å². The molecule has 26 heavy (non-hydrogen) atoms. The third kappa shape index (κ3) is 4.92. The minimum absolute atomic E-state index is 0.0902. The molecule has 0 spiro atoms. The maximum atomic E-state index is 13.0. The fraction of sp³-hybridized carbons (Fsp3) is 0.632. The Morgan fingerprint density at radius 2 is 1.96 bits per heavy atom. The first-order valence-corrected chi connectivity index (χ1v) is 9.96. The SMILES string of the molecule is CCCCCCOC(=O)Cn1c(CN(C)C)nc2sc(C)c(C)c2c1=O. The van der Waals surface area contributed by atoms with Gasteiger partial charge in [-0.15, -0.1) is 11.3 Å². The lowest BCUT2D eigenvalue weighted by Crippen LogP contribution is -2.31. The Hall–Kier alpha value is -1.73. The van der Waals surface area contributed by atoms with E-state index in [4.69, 9.17) is 4.74 Å². The Balaban J connectivity index is 2.26. The van der Waals surface area contributed by atoms with Crippen LogP contribution in [0.4, 0.5) is 0 Å². The maximum absolute atomic E-state index is 13.0. The summed E-state index contributed by atoms with van der Waals surface area (Å²) < 4.78 is 6.79. The molecular formula is C19H29N3O3S. The smallest absolute Gasteiger partial charge is 0.326 e. The highest BCUT2D eigenvalue weighted by atomic mass is 32.1. The zero-order valence-electron chi connectivity index (χ0n) is 16.4. The number of rotatable bonds is 9. The van der Waals surface area contributed by atoms with E-state index >= 15 is 0 Å². The molecule has 7 heteroatoms. The van der Waals surface area contributed by atoms with Gasteiger partial charge in [-0.25, -0.2) is 4.98 Å². The summed E-state index contributed by atoms with van der Waals surface area (Å²) in [5, 5.41) is 0.616. The van der Waals surface area contributed by atoms with Gasteiger partial charge in [0.05, 0.1) is 18.5 Å². The van der Waals surface area contributed by atoms with Gasteiger partial charge in [-0.3, -0.25) is 14.2 Å². The second kappa shape index (κ2) is 9.28. The van der Waals surface area contributed by atoms with Gasteiger partial charge in [0, 0.05) is 4.88 Å². The second-order valence-electron chi connectivity index (χ2n) is 6.90. The molecule has 0 aliphatic heterocycles. The minimum atomic E-state index is -0.380. The number of aryl methyl sites for hydroxylation is 2. The van der Waals surface area contributed by atoms with Crippen molar-refractivity contribution in [3.8, 4) is 0 Å². The summed E-state index contributed by atoms with van der Waals surface area (Å²) in [6.07, 6.45) is 4.19. The zero-order chi connectivity index (χ0) is 19.3. The van der Waals surface area contributed by atoms with Gasteiger partial charge in [0.25, 0.3) is 5.56 Å². The van der Waals surface area contributed by atoms with Crippen LogP contribution in [0.3, 0.4) is 0 Å². The number of fused-ring (bicyclic) bond motifs is 1. The van der Waals surface area contributed by atoms with Gasteiger partial charge in [0.15, 0.2) is 0 Å². The lowest BCUT2D eigenvalue weighted by molar-refractivity contribution is -0.144. The predicted molar refractivity (Wildman–Crippen MR) is 106 cm³/mol. The lowest BCUT2D eigenvalue weighted by Gasteiger charge is -2.15. The summed E-state index contributed by atoms with van der Waals surface area (Å²) in [7, 11) is 3.83. The van der Waals surface area contributed by atoms with E-state index in [0.717, 1.165) is 41.0 Å². The Bertz CT molecular complexity index is 824. The topological polar surface area (TPSA) is 64.4 Å². The number of carbonyl (C=O) groups excluding carboxylic acids is 1. The third-order valence-electron chi connectivity index (χ3n) is 4.37. The van der Waals surface area contributed by atoms with E-state index in [9.17, 15) is 9.59 Å². The van der Waals surface area contributed by atoms with Crippen LogP contribution in [0.15, 0.2) is 4.79 Å². The van der Waals surface area contributed by atoms with Crippen LogP contribution in [-0.4, -0.2) is 41.1 Å². The molecule has 6 nitrogen and oxygen atoms in total. The molecule has 0 bridgehead atoms. The van der Waals surface area contributed by atoms with Crippen molar-refractivity contribution in [2.75, 3.05) is 20.7 Å². The molecule has 0 radical (unpaired) electrons. The van der Waals surface area contributed by atoms with Gasteiger partial charge in [-0.2, -0.15) is 0 Å². The van der Waals surface area contributed by atoms with Gasteiger partial charge in [-0.05, 0) is 39.9 Å². The summed E-state index contributed by atoms with van der Waals surface area (Å²) in [4.78, 5) is 33.7. The standard InChI is InChI=1S/C19H29N3O3S/c1-6-7-8-9-10-25-16(23)12-22-15(11-21(4)5)20-18-17(19(22)24)13(2)14(3)26-18/h6-12H2,1-5H3. The predicted octanol–water partition coefficient (Wildman–Crippen LogP) is 3.26. The van der Waals surface area contributed by atoms with Crippen molar-refractivity contribution in [1.82, 2.24) is 14.5 Å². The Morgan fingerprint density at radius 1 is 1.23 bits per heavy atom. The van der Waals surface area contributed by atoms with Crippen LogP contribution in [0, 0.1) is 13.8 Å². The van der Waals surface area contributed by atoms with E-state index in [1.54, 1.807) is 0 Å². The molecule has 0 atom stereocenters. The summed E-state index contributed by atoms with van der Waals surface area (Å²) in [5.41, 5.74) is 0.789. The van der Waals surface area contributed by atoms with E-state index in [2.05, 4.69) is 11.9 Å². The van der Waals surface area contributed by atoms with Gasteiger partial charge in [0.1, 0.15) is 17.2 Å². The van der Waals surface area contributed by atoms with Crippen molar-refractivity contribution in [2.45, 2.75) is 59.5 Å². The monoisotopic (exact) mass is 379 g/mol. The molecule has 0 saturated heterocycles. The minimum Gasteiger partial charge on any atom is -0.464 e. The van der Waals surface area contributed by atoms with Gasteiger partial charge >= 0.3 is 5.97 Å². The molecular weight excluding hydrogens is 350 g/mol. The van der Waals surface area contributed by atoms with Gasteiger partial charge < -0.3 is 9.64 Å². The number of nitrogens with zero attached hydrogens (tertiary/aromatic N) is 3. The first-order chi connectivity index (χ1) is 12.3. The average molecular weight is 380 g/mol. The largest absolute Gasteiger partial charge is 0.464 e. The molecule has 0 unspecified atom stereocenters. The van der Waals surface area contributed by atoms with E-state index in [0.29, 0.717) is 24.4 Å². The highest BCUT2D eigenvalue weighted by Crippen LogP contribution is 2.26. The third-order valence-corrected chi connectivity index (χ3v) is 5.47. The highest BCUT2D eigenvalue weighted by molar-refractivity contribution is 7.18. The number of esters is 1. The maximum Gasteiger partial charge on any atom is 0.326 e. The second-order valence-corrected chi connectivity index (χ2v) is 8.10. The molecule has 0 amide bonds. The molecule has 0 saturated carbocycles. The van der Waals surface area contributed by atoms with E-state index in [1.807, 2.05) is 32.8 Å². The molecule has 2 heterocycles. The van der Waals surface area contributed by atoms with Crippen molar-refractivity contribution >= 4 is 27.5 Å². The molecule has 144 valence electrons. The molecule has 2 aromatic rings. The molecule has 2 aromatic heterocycles. The van der Waals surface area contributed by atoms with Gasteiger partial charge in [-0.1, -0.05) is 26.2 Å². The molecule has 0 aromatic carbocycles. The molecule has 0 fully saturated rings. The van der Waals surface area contributed by atoms with E-state index in [-0.39, 0.29) is 18.1 Å². The van der Waals surface area contributed by atoms with Crippen LogP contribution in [0.1, 0.15) is 48.9 Å². The van der Waals surface area contributed by atoms with Crippen molar-refractivity contribution in [1.29, 1.82) is 0 Å². The fourth-order valence-corrected chi connectivity index (χ4v) is 3.86. The highest BCUT2D eigenvalue weighted by Gasteiger charge is 2.19. The van der Waals surface area contributed by atoms with Crippen LogP contribution in [0.2, 0.25) is 0 Å². The normalized spacial score (nSPS) is 11.5. The van der Waals surface area contributed by atoms with Crippen LogP contribution >= 0.6 is 11.3 Å². The van der Waals surface area contributed by atoms with Crippen LogP contribution in [0.5, 0.6) is 0 Å². The summed E-state index contributed by atoms with van der Waals surface area (Å²) >= 11 is 1.52. The number of aromatic nitrogens is 2. The molecule has 0 N–H and O–H groups in total. The quantitative estimate of drug-likeness (QED) is 0.494. The van der Waals surface area contributed by atoms with Crippen molar-refractivity contribution in [3.05, 3.63) is 26.6 Å². The summed E-state index contributed by atoms with van der Waals surface area (Å²) in [5.74, 6) is 0.214. The molecule has 0 aliphatic rings. The van der Waals surface area contributed by atoms with E-state index in [1.165, 1.54) is 15.9 Å². The number of ether oxygens (including phenoxy) is 1. The van der Waals surface area contributed by atoms with Crippen molar-refractivity contribution in [3.63, 3.8) is 0 Å². The fourth-order valence-electron chi connectivity index (χ4n) is 2.83. The Morgan fingerprint density at radius 3 is 2.62 bits per heavy atom. The number of thiophene rings is 1. The van der Waals surface area contributed by atoms with E-state index < -0.39 is 0 Å². The summed E-state index contributed by atoms with van der Waals surface area (Å²) in [6.45, 7) is 6.86. The first-order valence-electron chi connectivity index (χ1n) is 9.14. The zero-order valence-corrected chi connectivity index (χ0v) is 17.2. The molecule has 2 rings (SSSR count).